The normalized spacial score (nSPS) is 16.9. The lowest BCUT2D eigenvalue weighted by molar-refractivity contribution is 0.00851. The second-order valence-corrected chi connectivity index (χ2v) is 11.8. The second kappa shape index (κ2) is 13.0. The van der Waals surface area contributed by atoms with Crippen LogP contribution in [0.1, 0.15) is 29.5 Å². The third-order valence-electron chi connectivity index (χ3n) is 7.15. The minimum absolute atomic E-state index is 0.0564. The van der Waals surface area contributed by atoms with Gasteiger partial charge in [0.1, 0.15) is 18.1 Å². The molecule has 214 valence electrons. The van der Waals surface area contributed by atoms with Gasteiger partial charge in [0.15, 0.2) is 5.82 Å². The van der Waals surface area contributed by atoms with Crippen LogP contribution in [0.3, 0.4) is 0 Å². The number of rotatable bonds is 12. The van der Waals surface area contributed by atoms with Gasteiger partial charge in [-0.1, -0.05) is 18.2 Å². The first-order chi connectivity index (χ1) is 19.4. The summed E-state index contributed by atoms with van der Waals surface area (Å²) in [7, 11) is -2.54. The Morgan fingerprint density at radius 3 is 2.60 bits per heavy atom. The van der Waals surface area contributed by atoms with Crippen molar-refractivity contribution >= 4 is 15.7 Å². The predicted octanol–water partition coefficient (Wildman–Crippen LogP) is 4.45. The molecule has 0 saturated carbocycles. The molecule has 2 heterocycles. The van der Waals surface area contributed by atoms with Gasteiger partial charge in [0, 0.05) is 19.2 Å². The Bertz CT molecular complexity index is 1390. The van der Waals surface area contributed by atoms with Crippen LogP contribution in [-0.2, 0) is 39.0 Å². The molecule has 3 aromatic rings. The predicted molar refractivity (Wildman–Crippen MR) is 150 cm³/mol. The molecule has 0 aliphatic carbocycles. The fourth-order valence-electron chi connectivity index (χ4n) is 4.93. The molecule has 0 aromatic heterocycles. The van der Waals surface area contributed by atoms with Crippen LogP contribution in [-0.4, -0.2) is 54.6 Å². The number of fused-ring (bicyclic) bond motifs is 1. The van der Waals surface area contributed by atoms with Gasteiger partial charge in [0.2, 0.25) is 0 Å². The number of benzene rings is 3. The minimum Gasteiger partial charge on any atom is -0.497 e. The average molecular weight is 571 g/mol. The third kappa shape index (κ3) is 6.75. The molecule has 2 aliphatic rings. The van der Waals surface area contributed by atoms with E-state index in [1.165, 1.54) is 12.1 Å². The van der Waals surface area contributed by atoms with Crippen LogP contribution in [0.5, 0.6) is 11.5 Å². The highest BCUT2D eigenvalue weighted by atomic mass is 32.2. The van der Waals surface area contributed by atoms with E-state index in [1.807, 2.05) is 6.07 Å². The minimum atomic E-state index is -4.10. The van der Waals surface area contributed by atoms with Crippen molar-refractivity contribution in [2.45, 2.75) is 43.4 Å². The van der Waals surface area contributed by atoms with Gasteiger partial charge in [-0.15, -0.1) is 0 Å². The van der Waals surface area contributed by atoms with Gasteiger partial charge in [-0.2, -0.15) is 0 Å². The number of sulfonamides is 1. The summed E-state index contributed by atoms with van der Waals surface area (Å²) >= 11 is 0. The van der Waals surface area contributed by atoms with Crippen LogP contribution in [0, 0.1) is 5.82 Å². The van der Waals surface area contributed by atoms with Crippen LogP contribution in [0.25, 0.3) is 0 Å². The number of hydrogen-bond donors (Lipinski definition) is 1. The Morgan fingerprint density at radius 2 is 1.85 bits per heavy atom. The van der Waals surface area contributed by atoms with Crippen molar-refractivity contribution in [3.8, 4) is 11.5 Å². The second-order valence-electron chi connectivity index (χ2n) is 9.89. The largest absolute Gasteiger partial charge is 0.497 e. The summed E-state index contributed by atoms with van der Waals surface area (Å²) in [5, 5.41) is 3.29. The fourth-order valence-corrected chi connectivity index (χ4v) is 6.44. The molecule has 3 aromatic carbocycles. The number of nitrogens with zero attached hydrogens (tertiary/aromatic N) is 1. The van der Waals surface area contributed by atoms with E-state index in [0.717, 1.165) is 47.8 Å². The molecular weight excluding hydrogens is 535 g/mol. The SMILES string of the molecule is COc1ccc(CN(c2ccc(OCCOCC3CCCO3)cc2F)S(=O)(=O)c2ccc3c(c2)CCNC3)cc1. The summed E-state index contributed by atoms with van der Waals surface area (Å²) in [6, 6.07) is 16.4. The molecule has 2 aliphatic heterocycles. The molecule has 1 unspecified atom stereocenters. The summed E-state index contributed by atoms with van der Waals surface area (Å²) in [6.07, 6.45) is 2.90. The van der Waals surface area contributed by atoms with Crippen molar-refractivity contribution in [3.05, 3.63) is 83.2 Å². The Balaban J connectivity index is 1.36. The molecule has 5 rings (SSSR count). The molecule has 1 atom stereocenters. The number of anilines is 1. The highest BCUT2D eigenvalue weighted by Crippen LogP contribution is 2.32. The maximum Gasteiger partial charge on any atom is 0.264 e. The zero-order valence-corrected chi connectivity index (χ0v) is 23.4. The molecule has 1 saturated heterocycles. The number of halogens is 1. The van der Waals surface area contributed by atoms with Crippen molar-refractivity contribution in [3.63, 3.8) is 0 Å². The van der Waals surface area contributed by atoms with Crippen LogP contribution in [0.2, 0.25) is 0 Å². The van der Waals surface area contributed by atoms with E-state index in [4.69, 9.17) is 18.9 Å². The van der Waals surface area contributed by atoms with Crippen molar-refractivity contribution in [2.24, 2.45) is 0 Å². The summed E-state index contributed by atoms with van der Waals surface area (Å²) in [5.41, 5.74) is 2.68. The van der Waals surface area contributed by atoms with E-state index in [-0.39, 0.29) is 29.8 Å². The molecule has 0 amide bonds. The Hall–Kier alpha value is -3.18. The van der Waals surface area contributed by atoms with E-state index in [2.05, 4.69) is 5.32 Å². The van der Waals surface area contributed by atoms with Crippen LogP contribution < -0.4 is 19.1 Å². The molecule has 1 N–H and O–H groups in total. The van der Waals surface area contributed by atoms with Crippen molar-refractivity contribution in [1.82, 2.24) is 5.32 Å². The van der Waals surface area contributed by atoms with Crippen LogP contribution in [0.4, 0.5) is 10.1 Å². The molecule has 0 spiro atoms. The van der Waals surface area contributed by atoms with E-state index in [1.54, 1.807) is 49.6 Å². The molecule has 40 heavy (non-hydrogen) atoms. The molecule has 0 radical (unpaired) electrons. The van der Waals surface area contributed by atoms with Crippen molar-refractivity contribution < 1.29 is 31.8 Å². The van der Waals surface area contributed by atoms with Gasteiger partial charge in [0.25, 0.3) is 10.0 Å². The molecular formula is C30H35FN2O6S. The first kappa shape index (κ1) is 28.4. The molecule has 0 bridgehead atoms. The first-order valence-electron chi connectivity index (χ1n) is 13.5. The lowest BCUT2D eigenvalue weighted by Gasteiger charge is -2.26. The van der Waals surface area contributed by atoms with Gasteiger partial charge >= 0.3 is 0 Å². The van der Waals surface area contributed by atoms with Gasteiger partial charge < -0.3 is 24.3 Å². The maximum atomic E-state index is 15.6. The molecule has 8 nitrogen and oxygen atoms in total. The number of nitrogens with one attached hydrogen (secondary N) is 1. The zero-order chi connectivity index (χ0) is 28.0. The summed E-state index contributed by atoms with van der Waals surface area (Å²) < 4.78 is 66.7. The van der Waals surface area contributed by atoms with E-state index in [9.17, 15) is 8.42 Å². The zero-order valence-electron chi connectivity index (χ0n) is 22.6. The monoisotopic (exact) mass is 570 g/mol. The number of methoxy groups -OCH3 is 1. The fraction of sp³-hybridized carbons (Fsp3) is 0.400. The van der Waals surface area contributed by atoms with Gasteiger partial charge in [0.05, 0.1) is 43.6 Å². The van der Waals surface area contributed by atoms with E-state index in [0.29, 0.717) is 36.8 Å². The average Bonchev–Trinajstić information content (AvgIpc) is 3.50. The van der Waals surface area contributed by atoms with Crippen LogP contribution >= 0.6 is 0 Å². The van der Waals surface area contributed by atoms with Crippen molar-refractivity contribution in [1.29, 1.82) is 0 Å². The number of ether oxygens (including phenoxy) is 4. The standard InChI is InChI=1S/C30H35FN2O6S/c1-36-25-7-4-22(5-8-25)20-33(40(34,35)28-10-6-24-19-32-13-12-23(24)17-28)30-11-9-26(18-29(30)31)39-16-15-37-21-27-3-2-14-38-27/h4-11,17-18,27,32H,2-3,12-16,19-21H2,1H3. The lowest BCUT2D eigenvalue weighted by atomic mass is 10.0. The van der Waals surface area contributed by atoms with Gasteiger partial charge in [-0.25, -0.2) is 12.8 Å². The van der Waals surface area contributed by atoms with E-state index < -0.39 is 15.8 Å². The smallest absolute Gasteiger partial charge is 0.264 e. The summed E-state index contributed by atoms with van der Waals surface area (Å²) in [5.74, 6) is 0.246. The highest BCUT2D eigenvalue weighted by molar-refractivity contribution is 7.92. The molecule has 10 heteroatoms. The van der Waals surface area contributed by atoms with Gasteiger partial charge in [-0.3, -0.25) is 4.31 Å². The Kier molecular flexibility index (Phi) is 9.21. The number of hydrogen-bond acceptors (Lipinski definition) is 7. The summed E-state index contributed by atoms with van der Waals surface area (Å²) in [6.45, 7) is 3.28. The Labute approximate surface area is 235 Å². The first-order valence-corrected chi connectivity index (χ1v) is 15.0. The lowest BCUT2D eigenvalue weighted by Crippen LogP contribution is -2.32. The topological polar surface area (TPSA) is 86.3 Å². The molecule has 1 fully saturated rings. The Morgan fingerprint density at radius 1 is 1.02 bits per heavy atom. The van der Waals surface area contributed by atoms with Crippen molar-refractivity contribution in [2.75, 3.05) is 44.4 Å². The highest BCUT2D eigenvalue weighted by Gasteiger charge is 2.29. The van der Waals surface area contributed by atoms with E-state index >= 15 is 4.39 Å². The van der Waals surface area contributed by atoms with Crippen LogP contribution in [0.15, 0.2) is 65.6 Å². The quantitative estimate of drug-likeness (QED) is 0.322. The summed E-state index contributed by atoms with van der Waals surface area (Å²) in [4.78, 5) is 0.129. The van der Waals surface area contributed by atoms with Gasteiger partial charge in [-0.05, 0) is 78.9 Å². The third-order valence-corrected chi connectivity index (χ3v) is 8.91. The maximum absolute atomic E-state index is 15.6.